The Labute approximate surface area is 156 Å². The Hall–Kier alpha value is -3.17. The molecule has 2 heterocycles. The zero-order valence-corrected chi connectivity index (χ0v) is 14.6. The molecule has 1 amide bonds. The third-order valence-corrected chi connectivity index (χ3v) is 4.96. The molecule has 1 saturated heterocycles. The molecule has 136 valence electrons. The van der Waals surface area contributed by atoms with Crippen LogP contribution in [0, 0.1) is 23.1 Å². The summed E-state index contributed by atoms with van der Waals surface area (Å²) in [5, 5.41) is 16.0. The maximum absolute atomic E-state index is 13.1. The van der Waals surface area contributed by atoms with Crippen LogP contribution in [0.2, 0.25) is 0 Å². The number of nitrogens with zero attached hydrogens (tertiary/aromatic N) is 1. The van der Waals surface area contributed by atoms with Crippen molar-refractivity contribution in [2.75, 3.05) is 13.1 Å². The van der Waals surface area contributed by atoms with Crippen molar-refractivity contribution in [1.82, 2.24) is 15.6 Å². The van der Waals surface area contributed by atoms with Crippen molar-refractivity contribution in [3.05, 3.63) is 60.0 Å². The van der Waals surface area contributed by atoms with E-state index in [-0.39, 0.29) is 23.7 Å². The van der Waals surface area contributed by atoms with Crippen LogP contribution in [0.1, 0.15) is 16.9 Å². The molecule has 4 rings (SSSR count). The third-order valence-electron chi connectivity index (χ3n) is 4.96. The predicted molar refractivity (Wildman–Crippen MR) is 102 cm³/mol. The number of nitriles is 1. The van der Waals surface area contributed by atoms with Crippen LogP contribution in [0.25, 0.3) is 22.0 Å². The largest absolute Gasteiger partial charge is 0.351 e. The van der Waals surface area contributed by atoms with E-state index in [1.165, 1.54) is 12.1 Å². The summed E-state index contributed by atoms with van der Waals surface area (Å²) in [6.07, 6.45) is 0.754. The molecule has 0 radical (unpaired) electrons. The number of hydrogen-bond donors (Lipinski definition) is 3. The maximum Gasteiger partial charge on any atom is 0.267 e. The lowest BCUT2D eigenvalue weighted by Crippen LogP contribution is -2.37. The number of fused-ring (bicyclic) bond motifs is 1. The fourth-order valence-electron chi connectivity index (χ4n) is 3.46. The van der Waals surface area contributed by atoms with Crippen molar-refractivity contribution in [2.24, 2.45) is 5.92 Å². The van der Waals surface area contributed by atoms with Gasteiger partial charge in [-0.05, 0) is 41.8 Å². The van der Waals surface area contributed by atoms with Crippen molar-refractivity contribution >= 4 is 16.8 Å². The normalized spacial score (nSPS) is 19.1. The zero-order valence-electron chi connectivity index (χ0n) is 14.6. The van der Waals surface area contributed by atoms with Gasteiger partial charge in [0.05, 0.1) is 12.0 Å². The van der Waals surface area contributed by atoms with E-state index < -0.39 is 0 Å². The standard InChI is InChI=1S/C21H19FN4O/c22-17-5-3-14(4-6-17)15-1-2-16-9-20(26-19(16)8-15)21(27)25-12-18-7-13(10-23)11-24-18/h1-6,8-9,13,18,24,26H,7,11-12H2,(H,25,27)/t13-,18-/m1/s1. The number of carbonyl (C=O) groups is 1. The molecule has 3 aromatic rings. The number of hydrogen-bond acceptors (Lipinski definition) is 3. The van der Waals surface area contributed by atoms with Gasteiger partial charge < -0.3 is 15.6 Å². The number of carbonyl (C=O) groups excluding carboxylic acids is 1. The Bertz CT molecular complexity index is 1020. The first-order valence-corrected chi connectivity index (χ1v) is 8.92. The van der Waals surface area contributed by atoms with Gasteiger partial charge in [0, 0.05) is 30.0 Å². The summed E-state index contributed by atoms with van der Waals surface area (Å²) in [5.74, 6) is -0.418. The number of aromatic amines is 1. The molecule has 1 aliphatic heterocycles. The zero-order chi connectivity index (χ0) is 18.8. The van der Waals surface area contributed by atoms with E-state index in [0.29, 0.717) is 18.8 Å². The van der Waals surface area contributed by atoms with Crippen LogP contribution in [-0.2, 0) is 0 Å². The number of H-pyrrole nitrogens is 1. The molecule has 0 aliphatic carbocycles. The number of nitrogens with one attached hydrogen (secondary N) is 3. The minimum Gasteiger partial charge on any atom is -0.351 e. The van der Waals surface area contributed by atoms with Crippen molar-refractivity contribution in [3.63, 3.8) is 0 Å². The van der Waals surface area contributed by atoms with Crippen LogP contribution in [0.4, 0.5) is 4.39 Å². The minimum absolute atomic E-state index is 0.0184. The average molecular weight is 362 g/mol. The van der Waals surface area contributed by atoms with Gasteiger partial charge in [0.1, 0.15) is 11.5 Å². The van der Waals surface area contributed by atoms with E-state index in [0.717, 1.165) is 28.5 Å². The Kier molecular flexibility index (Phi) is 4.61. The summed E-state index contributed by atoms with van der Waals surface area (Å²) in [6.45, 7) is 1.17. The lowest BCUT2D eigenvalue weighted by atomic mass is 10.0. The molecular formula is C21H19FN4O. The predicted octanol–water partition coefficient (Wildman–Crippen LogP) is 3.21. The van der Waals surface area contributed by atoms with Crippen LogP contribution >= 0.6 is 0 Å². The Morgan fingerprint density at radius 2 is 1.96 bits per heavy atom. The van der Waals surface area contributed by atoms with Gasteiger partial charge in [0.15, 0.2) is 0 Å². The molecule has 5 nitrogen and oxygen atoms in total. The molecule has 2 aromatic carbocycles. The van der Waals surface area contributed by atoms with Gasteiger partial charge in [-0.3, -0.25) is 4.79 Å². The number of benzene rings is 2. The molecule has 1 aromatic heterocycles. The molecule has 0 bridgehead atoms. The van der Waals surface area contributed by atoms with Crippen LogP contribution in [-0.4, -0.2) is 30.0 Å². The van der Waals surface area contributed by atoms with Crippen LogP contribution in [0.15, 0.2) is 48.5 Å². The summed E-state index contributed by atoms with van der Waals surface area (Å²) in [6, 6.07) is 16.4. The molecule has 1 fully saturated rings. The first kappa shape index (κ1) is 17.3. The summed E-state index contributed by atoms with van der Waals surface area (Å²) >= 11 is 0. The lowest BCUT2D eigenvalue weighted by molar-refractivity contribution is 0.0946. The molecule has 0 spiro atoms. The second-order valence-corrected chi connectivity index (χ2v) is 6.87. The molecule has 2 atom stereocenters. The molecule has 1 aliphatic rings. The second kappa shape index (κ2) is 7.22. The number of rotatable bonds is 4. The molecule has 0 unspecified atom stereocenters. The summed E-state index contributed by atoms with van der Waals surface area (Å²) in [5.41, 5.74) is 3.22. The molecular weight excluding hydrogens is 343 g/mol. The van der Waals surface area contributed by atoms with Crippen molar-refractivity contribution in [1.29, 1.82) is 5.26 Å². The lowest BCUT2D eigenvalue weighted by Gasteiger charge is -2.10. The fourth-order valence-corrected chi connectivity index (χ4v) is 3.46. The number of aromatic nitrogens is 1. The molecule has 6 heteroatoms. The first-order chi connectivity index (χ1) is 13.1. The highest BCUT2D eigenvalue weighted by molar-refractivity contribution is 5.98. The van der Waals surface area contributed by atoms with E-state index in [9.17, 15) is 9.18 Å². The van der Waals surface area contributed by atoms with Gasteiger partial charge in [-0.2, -0.15) is 5.26 Å². The Morgan fingerprint density at radius 3 is 2.70 bits per heavy atom. The molecule has 27 heavy (non-hydrogen) atoms. The SMILES string of the molecule is N#C[C@@H]1CN[C@@H](CNC(=O)c2cc3ccc(-c4ccc(F)cc4)cc3[nH]2)C1. The fraction of sp³-hybridized carbons (Fsp3) is 0.238. The highest BCUT2D eigenvalue weighted by atomic mass is 19.1. The van der Waals surface area contributed by atoms with Gasteiger partial charge in [-0.15, -0.1) is 0 Å². The van der Waals surface area contributed by atoms with E-state index in [1.807, 2.05) is 24.3 Å². The minimum atomic E-state index is -0.267. The third kappa shape index (κ3) is 3.69. The quantitative estimate of drug-likeness (QED) is 0.667. The van der Waals surface area contributed by atoms with Crippen LogP contribution in [0.3, 0.4) is 0 Å². The summed E-state index contributed by atoms with van der Waals surface area (Å²) in [7, 11) is 0. The van der Waals surface area contributed by atoms with E-state index in [4.69, 9.17) is 5.26 Å². The van der Waals surface area contributed by atoms with Gasteiger partial charge in [0.25, 0.3) is 5.91 Å². The maximum atomic E-state index is 13.1. The van der Waals surface area contributed by atoms with Gasteiger partial charge in [-0.1, -0.05) is 24.3 Å². The average Bonchev–Trinajstić information content (AvgIpc) is 3.32. The van der Waals surface area contributed by atoms with Gasteiger partial charge in [0.2, 0.25) is 0 Å². The Morgan fingerprint density at radius 1 is 1.19 bits per heavy atom. The van der Waals surface area contributed by atoms with Crippen LogP contribution in [0.5, 0.6) is 0 Å². The van der Waals surface area contributed by atoms with Gasteiger partial charge >= 0.3 is 0 Å². The monoisotopic (exact) mass is 362 g/mol. The molecule has 3 N–H and O–H groups in total. The number of amides is 1. The van der Waals surface area contributed by atoms with E-state index in [2.05, 4.69) is 21.7 Å². The second-order valence-electron chi connectivity index (χ2n) is 6.87. The Balaban J connectivity index is 1.47. The first-order valence-electron chi connectivity index (χ1n) is 8.92. The van der Waals surface area contributed by atoms with Crippen molar-refractivity contribution in [3.8, 4) is 17.2 Å². The van der Waals surface area contributed by atoms with E-state index >= 15 is 0 Å². The molecule has 0 saturated carbocycles. The highest BCUT2D eigenvalue weighted by Crippen LogP contribution is 2.25. The van der Waals surface area contributed by atoms with Crippen LogP contribution < -0.4 is 10.6 Å². The summed E-state index contributed by atoms with van der Waals surface area (Å²) in [4.78, 5) is 15.6. The highest BCUT2D eigenvalue weighted by Gasteiger charge is 2.24. The topological polar surface area (TPSA) is 80.7 Å². The van der Waals surface area contributed by atoms with Crippen molar-refractivity contribution in [2.45, 2.75) is 12.5 Å². The van der Waals surface area contributed by atoms with Crippen molar-refractivity contribution < 1.29 is 9.18 Å². The van der Waals surface area contributed by atoms with E-state index in [1.54, 1.807) is 12.1 Å². The smallest absolute Gasteiger partial charge is 0.267 e. The number of halogens is 1. The summed E-state index contributed by atoms with van der Waals surface area (Å²) < 4.78 is 13.1. The van der Waals surface area contributed by atoms with Gasteiger partial charge in [-0.25, -0.2) is 4.39 Å².